The molecule has 0 bridgehead atoms. The van der Waals surface area contributed by atoms with Gasteiger partial charge in [-0.3, -0.25) is 0 Å². The largest absolute Gasteiger partial charge is 0.393 e. The second-order valence-electron chi connectivity index (χ2n) is 14.5. The minimum Gasteiger partial charge on any atom is -0.393 e. The predicted octanol–water partition coefficient (Wildman–Crippen LogP) is 7.32. The molecule has 0 saturated heterocycles. The van der Waals surface area contributed by atoms with Crippen LogP contribution in [0.4, 0.5) is 5.82 Å². The molecule has 0 unspecified atom stereocenters. The van der Waals surface area contributed by atoms with Gasteiger partial charge in [0.25, 0.3) is 0 Å². The van der Waals surface area contributed by atoms with E-state index in [4.69, 9.17) is 4.98 Å². The van der Waals surface area contributed by atoms with E-state index in [0.717, 1.165) is 43.6 Å². The molecule has 0 aromatic carbocycles. The molecule has 1 heterocycles. The van der Waals surface area contributed by atoms with Crippen LogP contribution in [0.1, 0.15) is 92.2 Å². The average molecular weight is 521 g/mol. The number of nitrogens with zero attached hydrogens (tertiary/aromatic N) is 1. The van der Waals surface area contributed by atoms with E-state index in [1.807, 2.05) is 25.1 Å². The first-order chi connectivity index (χ1) is 17.8. The first kappa shape index (κ1) is 27.9. The van der Waals surface area contributed by atoms with Crippen molar-refractivity contribution in [2.24, 2.45) is 46.3 Å². The Morgan fingerprint density at radius 3 is 2.45 bits per heavy atom. The number of allylic oxidation sites excluding steroid dienone is 2. The molecule has 3 fully saturated rings. The molecule has 1 aromatic rings. The van der Waals surface area contributed by atoms with Gasteiger partial charge in [-0.2, -0.15) is 0 Å². The Kier molecular flexibility index (Phi) is 7.17. The zero-order chi connectivity index (χ0) is 27.5. The second kappa shape index (κ2) is 9.77. The van der Waals surface area contributed by atoms with Crippen molar-refractivity contribution in [2.45, 2.75) is 111 Å². The summed E-state index contributed by atoms with van der Waals surface area (Å²) in [5, 5.41) is 27.4. The van der Waals surface area contributed by atoms with Crippen LogP contribution in [-0.4, -0.2) is 32.4 Å². The van der Waals surface area contributed by atoms with E-state index in [1.54, 1.807) is 0 Å². The van der Waals surface area contributed by atoms with Crippen molar-refractivity contribution in [1.82, 2.24) is 4.98 Å². The van der Waals surface area contributed by atoms with Gasteiger partial charge in [0, 0.05) is 17.5 Å². The number of hydrogen-bond acceptors (Lipinski definition) is 4. The molecule has 4 aliphatic carbocycles. The highest BCUT2D eigenvalue weighted by Gasteiger charge is 2.68. The third-order valence-corrected chi connectivity index (χ3v) is 12.1. The molecule has 0 radical (unpaired) electrons. The van der Waals surface area contributed by atoms with Gasteiger partial charge in [-0.05, 0) is 98.5 Å². The summed E-state index contributed by atoms with van der Waals surface area (Å²) in [6.45, 7) is 16.2. The van der Waals surface area contributed by atoms with Crippen molar-refractivity contribution in [1.29, 1.82) is 0 Å². The lowest BCUT2D eigenvalue weighted by molar-refractivity contribution is -0.177. The number of aliphatic hydroxyl groups is 2. The van der Waals surface area contributed by atoms with E-state index < -0.39 is 11.1 Å². The van der Waals surface area contributed by atoms with Gasteiger partial charge in [0.2, 0.25) is 0 Å². The molecule has 1 aromatic heterocycles. The lowest BCUT2D eigenvalue weighted by Crippen LogP contribution is -2.69. The molecule has 3 saturated carbocycles. The molecule has 0 amide bonds. The number of pyridine rings is 1. The molecule has 10 atom stereocenters. The minimum absolute atomic E-state index is 0.135. The second-order valence-corrected chi connectivity index (χ2v) is 14.5. The summed E-state index contributed by atoms with van der Waals surface area (Å²) >= 11 is 0. The van der Waals surface area contributed by atoms with Crippen molar-refractivity contribution in [3.8, 4) is 0 Å². The summed E-state index contributed by atoms with van der Waals surface area (Å²) in [4.78, 5) is 4.77. The fourth-order valence-corrected chi connectivity index (χ4v) is 9.44. The zero-order valence-electron chi connectivity index (χ0n) is 24.9. The van der Waals surface area contributed by atoms with E-state index in [9.17, 15) is 10.2 Å². The zero-order valence-corrected chi connectivity index (χ0v) is 24.9. The predicted molar refractivity (Wildman–Crippen MR) is 157 cm³/mol. The van der Waals surface area contributed by atoms with Crippen LogP contribution in [0, 0.1) is 53.3 Å². The number of aliphatic hydroxyl groups excluding tert-OH is 1. The highest BCUT2D eigenvalue weighted by molar-refractivity contribution is 5.46. The van der Waals surface area contributed by atoms with Crippen molar-refractivity contribution >= 4 is 5.82 Å². The summed E-state index contributed by atoms with van der Waals surface area (Å²) in [5.74, 6) is 3.66. The van der Waals surface area contributed by atoms with E-state index >= 15 is 0 Å². The number of aryl methyl sites for hydroxylation is 1. The van der Waals surface area contributed by atoms with E-state index in [-0.39, 0.29) is 28.8 Å². The Morgan fingerprint density at radius 1 is 0.974 bits per heavy atom. The molecule has 4 aliphatic rings. The normalized spacial score (nSPS) is 43.9. The van der Waals surface area contributed by atoms with Crippen LogP contribution < -0.4 is 5.32 Å². The Hall–Kier alpha value is -1.65. The number of aromatic nitrogens is 1. The number of hydrogen-bond donors (Lipinski definition) is 3. The molecule has 38 heavy (non-hydrogen) atoms. The molecule has 4 nitrogen and oxygen atoms in total. The lowest BCUT2D eigenvalue weighted by Gasteiger charge is -2.66. The molecule has 5 rings (SSSR count). The molecule has 0 spiro atoms. The lowest BCUT2D eigenvalue weighted by atomic mass is 9.42. The highest BCUT2D eigenvalue weighted by atomic mass is 16.3. The molecular formula is C34H52N2O2. The quantitative estimate of drug-likeness (QED) is 0.344. The van der Waals surface area contributed by atoms with Crippen molar-refractivity contribution < 1.29 is 10.2 Å². The Morgan fingerprint density at radius 2 is 1.74 bits per heavy atom. The SMILES string of the molecule is Cc1cccc(N[C@@]23C=C[C@]4(O)[C@@H]5CC[C@H]([C@H](C)/C=C/[C@H](C)C(C)C)[C@@]5(C)CC[C@@H]4[C@@]2(C)CC[C@H](O)C3)n1. The smallest absolute Gasteiger partial charge is 0.126 e. The summed E-state index contributed by atoms with van der Waals surface area (Å²) in [6.07, 6.45) is 15.8. The van der Waals surface area contributed by atoms with Gasteiger partial charge in [-0.25, -0.2) is 4.98 Å². The van der Waals surface area contributed by atoms with Crippen LogP contribution in [0.25, 0.3) is 0 Å². The minimum atomic E-state index is -0.807. The summed E-state index contributed by atoms with van der Waals surface area (Å²) in [7, 11) is 0. The Labute approximate surface area is 231 Å². The van der Waals surface area contributed by atoms with E-state index in [1.165, 1.54) is 6.42 Å². The maximum Gasteiger partial charge on any atom is 0.126 e. The fraction of sp³-hybridized carbons (Fsp3) is 0.735. The van der Waals surface area contributed by atoms with Gasteiger partial charge in [0.15, 0.2) is 0 Å². The number of nitrogens with one attached hydrogen (secondary N) is 1. The Balaban J connectivity index is 1.48. The van der Waals surface area contributed by atoms with Crippen molar-refractivity contribution in [3.05, 3.63) is 48.2 Å². The molecule has 210 valence electrons. The average Bonchev–Trinajstić information content (AvgIpc) is 3.22. The van der Waals surface area contributed by atoms with Gasteiger partial charge >= 0.3 is 0 Å². The Bertz CT molecular complexity index is 1080. The molecule has 0 aliphatic heterocycles. The van der Waals surface area contributed by atoms with Crippen LogP contribution in [0.5, 0.6) is 0 Å². The standard InChI is InChI=1S/C34H52N2O2/c1-22(2)23(3)11-12-24(4)27-13-14-28-31(27,6)17-16-29-32(7)18-15-26(37)21-33(32,19-20-34(28,29)38)36-30-10-8-9-25(5)35-30/h8-12,19-20,22-24,26-29,37-38H,13-18,21H2,1-7H3,(H,35,36)/b12-11+/t23-,24+,26-,27+,28+,29+,31+,32+,33+,34-/m0/s1. The number of fused-ring (bicyclic) bond motifs is 5. The maximum atomic E-state index is 12.7. The third-order valence-electron chi connectivity index (χ3n) is 12.1. The first-order valence-corrected chi connectivity index (χ1v) is 15.4. The monoisotopic (exact) mass is 520 g/mol. The van der Waals surface area contributed by atoms with Gasteiger partial charge in [-0.1, -0.05) is 71.9 Å². The molecular weight excluding hydrogens is 468 g/mol. The summed E-state index contributed by atoms with van der Waals surface area (Å²) in [5.41, 5.74) is -0.275. The summed E-state index contributed by atoms with van der Waals surface area (Å²) < 4.78 is 0. The topological polar surface area (TPSA) is 65.4 Å². The van der Waals surface area contributed by atoms with Crippen LogP contribution >= 0.6 is 0 Å². The van der Waals surface area contributed by atoms with Crippen LogP contribution in [0.2, 0.25) is 0 Å². The first-order valence-electron chi connectivity index (χ1n) is 15.4. The van der Waals surface area contributed by atoms with Crippen LogP contribution in [0.15, 0.2) is 42.5 Å². The fourth-order valence-electron chi connectivity index (χ4n) is 9.44. The number of anilines is 1. The van der Waals surface area contributed by atoms with Gasteiger partial charge in [0.1, 0.15) is 5.82 Å². The molecule has 3 N–H and O–H groups in total. The third kappa shape index (κ3) is 4.29. The van der Waals surface area contributed by atoms with Crippen molar-refractivity contribution in [3.63, 3.8) is 0 Å². The van der Waals surface area contributed by atoms with Crippen molar-refractivity contribution in [2.75, 3.05) is 5.32 Å². The van der Waals surface area contributed by atoms with Gasteiger partial charge in [-0.15, -0.1) is 0 Å². The van der Waals surface area contributed by atoms with Crippen LogP contribution in [-0.2, 0) is 0 Å². The molecule has 4 heteroatoms. The van der Waals surface area contributed by atoms with Gasteiger partial charge in [0.05, 0.1) is 17.2 Å². The summed E-state index contributed by atoms with van der Waals surface area (Å²) in [6, 6.07) is 6.10. The maximum absolute atomic E-state index is 12.7. The van der Waals surface area contributed by atoms with Gasteiger partial charge < -0.3 is 15.5 Å². The van der Waals surface area contributed by atoms with E-state index in [0.29, 0.717) is 30.1 Å². The van der Waals surface area contributed by atoms with E-state index in [2.05, 4.69) is 71.2 Å². The number of rotatable bonds is 6. The highest BCUT2D eigenvalue weighted by Crippen LogP contribution is 2.69. The van der Waals surface area contributed by atoms with Crippen LogP contribution in [0.3, 0.4) is 0 Å².